The quantitative estimate of drug-likeness (QED) is 0.747. The minimum Gasteiger partial charge on any atom is -0.392 e. The van der Waals surface area contributed by atoms with Crippen molar-refractivity contribution in [2.75, 3.05) is 0 Å². The first-order valence-corrected chi connectivity index (χ1v) is 5.27. The predicted octanol–water partition coefficient (Wildman–Crippen LogP) is 1.95. The van der Waals surface area contributed by atoms with Gasteiger partial charge in [-0.2, -0.15) is 0 Å². The van der Waals surface area contributed by atoms with Crippen molar-refractivity contribution in [3.63, 3.8) is 0 Å². The first-order chi connectivity index (χ1) is 7.70. The van der Waals surface area contributed by atoms with E-state index in [0.29, 0.717) is 0 Å². The van der Waals surface area contributed by atoms with E-state index in [0.717, 1.165) is 27.7 Å². The van der Waals surface area contributed by atoms with Gasteiger partial charge in [0.2, 0.25) is 0 Å². The van der Waals surface area contributed by atoms with Crippen LogP contribution in [0.4, 0.5) is 0 Å². The molecule has 0 saturated carbocycles. The normalized spacial score (nSPS) is 10.4. The van der Waals surface area contributed by atoms with Gasteiger partial charge in [-0.05, 0) is 29.2 Å². The van der Waals surface area contributed by atoms with E-state index in [1.807, 2.05) is 43.3 Å². The summed E-state index contributed by atoms with van der Waals surface area (Å²) in [5.74, 6) is 0. The molecule has 16 heavy (non-hydrogen) atoms. The highest BCUT2D eigenvalue weighted by Gasteiger charge is 2.01. The Morgan fingerprint density at radius 3 is 2.19 bits per heavy atom. The third-order valence-electron chi connectivity index (χ3n) is 2.76. The summed E-state index contributed by atoms with van der Waals surface area (Å²) in [6.07, 6.45) is 0. The second kappa shape index (κ2) is 4.54. The maximum atomic E-state index is 9.10. The van der Waals surface area contributed by atoms with Crippen molar-refractivity contribution in [2.24, 2.45) is 0 Å². The van der Waals surface area contributed by atoms with E-state index in [4.69, 9.17) is 13.0 Å². The smallest absolute Gasteiger partial charge is 0.113 e. The van der Waals surface area contributed by atoms with Crippen LogP contribution < -0.4 is 5.46 Å². The molecule has 2 aromatic rings. The molecule has 2 aromatic carbocycles. The highest BCUT2D eigenvalue weighted by atomic mass is 16.3. The Morgan fingerprint density at radius 1 is 1.00 bits per heavy atom. The summed E-state index contributed by atoms with van der Waals surface area (Å²) in [6, 6.07) is 13.9. The van der Waals surface area contributed by atoms with Gasteiger partial charge in [0.05, 0.1) is 6.61 Å². The second-order valence-electron chi connectivity index (χ2n) is 3.92. The Bertz CT molecular complexity index is 489. The number of benzene rings is 2. The molecular weight excluding hydrogens is 195 g/mol. The molecule has 0 aliphatic heterocycles. The lowest BCUT2D eigenvalue weighted by Crippen LogP contribution is -1.99. The van der Waals surface area contributed by atoms with Crippen LogP contribution in [0.5, 0.6) is 0 Å². The van der Waals surface area contributed by atoms with Crippen molar-refractivity contribution in [1.82, 2.24) is 0 Å². The molecule has 0 unspecified atom stereocenters. The fourth-order valence-corrected chi connectivity index (χ4v) is 1.73. The summed E-state index contributed by atoms with van der Waals surface area (Å²) in [6.45, 7) is 2.10. The van der Waals surface area contributed by atoms with Crippen molar-refractivity contribution < 1.29 is 5.11 Å². The lowest BCUT2D eigenvalue weighted by Gasteiger charge is -2.07. The number of aliphatic hydroxyl groups is 1. The number of rotatable bonds is 2. The molecule has 0 atom stereocenters. The molecule has 2 rings (SSSR count). The van der Waals surface area contributed by atoms with Crippen molar-refractivity contribution in [3.05, 3.63) is 53.6 Å². The zero-order valence-corrected chi connectivity index (χ0v) is 9.27. The molecule has 0 aliphatic rings. The molecule has 0 bridgehead atoms. The van der Waals surface area contributed by atoms with Gasteiger partial charge >= 0.3 is 0 Å². The molecule has 0 aliphatic carbocycles. The Hall–Kier alpha value is -1.54. The van der Waals surface area contributed by atoms with E-state index in [9.17, 15) is 0 Å². The van der Waals surface area contributed by atoms with Crippen molar-refractivity contribution in [2.45, 2.75) is 13.5 Å². The monoisotopic (exact) mass is 208 g/mol. The summed E-state index contributed by atoms with van der Waals surface area (Å²) in [5.41, 5.74) is 5.14. The van der Waals surface area contributed by atoms with Crippen molar-refractivity contribution >= 4 is 13.3 Å². The summed E-state index contributed by atoms with van der Waals surface area (Å²) in [7, 11) is 5.65. The second-order valence-corrected chi connectivity index (χ2v) is 3.92. The summed E-state index contributed by atoms with van der Waals surface area (Å²) < 4.78 is 0. The molecule has 2 radical (unpaired) electrons. The van der Waals surface area contributed by atoms with Crippen LogP contribution in [0.15, 0.2) is 42.5 Å². The van der Waals surface area contributed by atoms with Crippen molar-refractivity contribution in [1.29, 1.82) is 0 Å². The van der Waals surface area contributed by atoms with Crippen LogP contribution in [0.1, 0.15) is 11.1 Å². The number of aryl methyl sites for hydroxylation is 1. The number of aliphatic hydroxyl groups excluding tert-OH is 1. The van der Waals surface area contributed by atoms with Crippen molar-refractivity contribution in [3.8, 4) is 11.1 Å². The molecule has 0 heterocycles. The summed E-state index contributed by atoms with van der Waals surface area (Å²) in [4.78, 5) is 0. The van der Waals surface area contributed by atoms with Gasteiger partial charge in [-0.25, -0.2) is 0 Å². The zero-order chi connectivity index (χ0) is 11.5. The molecule has 0 saturated heterocycles. The van der Waals surface area contributed by atoms with E-state index < -0.39 is 0 Å². The van der Waals surface area contributed by atoms with Crippen LogP contribution >= 0.6 is 0 Å². The molecule has 1 nitrogen and oxygen atoms in total. The van der Waals surface area contributed by atoms with E-state index >= 15 is 0 Å². The van der Waals surface area contributed by atoms with Crippen LogP contribution in [-0.4, -0.2) is 13.0 Å². The molecule has 2 heteroatoms. The molecule has 0 fully saturated rings. The van der Waals surface area contributed by atoms with E-state index in [1.165, 1.54) is 0 Å². The highest BCUT2D eigenvalue weighted by molar-refractivity contribution is 6.32. The SMILES string of the molecule is [B]c1ccc(-c2ccc(CO)c(C)c2)cc1. The van der Waals surface area contributed by atoms with Gasteiger partial charge in [-0.3, -0.25) is 0 Å². The first-order valence-electron chi connectivity index (χ1n) is 5.27. The third-order valence-corrected chi connectivity index (χ3v) is 2.76. The summed E-state index contributed by atoms with van der Waals surface area (Å²) >= 11 is 0. The van der Waals surface area contributed by atoms with E-state index in [2.05, 4.69) is 6.07 Å². The standard InChI is InChI=1S/C14H13BO/c1-10-8-12(2-3-13(10)9-16)11-4-6-14(15)7-5-11/h2-8,16H,9H2,1H3. The molecule has 0 aromatic heterocycles. The van der Waals surface area contributed by atoms with Crippen LogP contribution in [0.25, 0.3) is 11.1 Å². The van der Waals surface area contributed by atoms with Crippen LogP contribution in [0, 0.1) is 6.92 Å². The zero-order valence-electron chi connectivity index (χ0n) is 9.27. The lowest BCUT2D eigenvalue weighted by atomic mass is 9.93. The van der Waals surface area contributed by atoms with Crippen LogP contribution in [-0.2, 0) is 6.61 Å². The first kappa shape index (κ1) is 11.0. The average Bonchev–Trinajstić information content (AvgIpc) is 2.30. The van der Waals surface area contributed by atoms with Gasteiger partial charge in [0.25, 0.3) is 0 Å². The van der Waals surface area contributed by atoms with E-state index in [1.54, 1.807) is 0 Å². The van der Waals surface area contributed by atoms with Gasteiger partial charge in [0.15, 0.2) is 0 Å². The maximum Gasteiger partial charge on any atom is 0.113 e. The van der Waals surface area contributed by atoms with Gasteiger partial charge < -0.3 is 5.11 Å². The Kier molecular flexibility index (Phi) is 3.11. The fourth-order valence-electron chi connectivity index (χ4n) is 1.73. The van der Waals surface area contributed by atoms with Gasteiger partial charge in [-0.1, -0.05) is 47.9 Å². The average molecular weight is 208 g/mol. The molecular formula is C14H13BO. The molecule has 1 N–H and O–H groups in total. The topological polar surface area (TPSA) is 20.2 Å². The van der Waals surface area contributed by atoms with Crippen LogP contribution in [0.2, 0.25) is 0 Å². The number of hydrogen-bond donors (Lipinski definition) is 1. The fraction of sp³-hybridized carbons (Fsp3) is 0.143. The van der Waals surface area contributed by atoms with Gasteiger partial charge in [-0.15, -0.1) is 0 Å². The van der Waals surface area contributed by atoms with Gasteiger partial charge in [0.1, 0.15) is 7.85 Å². The Labute approximate surface area is 97.2 Å². The molecule has 0 amide bonds. The largest absolute Gasteiger partial charge is 0.392 e. The maximum absolute atomic E-state index is 9.10. The van der Waals surface area contributed by atoms with Crippen LogP contribution in [0.3, 0.4) is 0 Å². The summed E-state index contributed by atoms with van der Waals surface area (Å²) in [5, 5.41) is 9.10. The third kappa shape index (κ3) is 2.17. The molecule has 78 valence electrons. The highest BCUT2D eigenvalue weighted by Crippen LogP contribution is 2.21. The predicted molar refractivity (Wildman–Crippen MR) is 67.9 cm³/mol. The number of hydrogen-bond acceptors (Lipinski definition) is 1. The molecule has 0 spiro atoms. The Morgan fingerprint density at radius 2 is 1.62 bits per heavy atom. The van der Waals surface area contributed by atoms with Gasteiger partial charge in [0, 0.05) is 0 Å². The minimum absolute atomic E-state index is 0.0911. The Balaban J connectivity index is 2.41. The lowest BCUT2D eigenvalue weighted by molar-refractivity contribution is 0.281. The minimum atomic E-state index is 0.0911. The van der Waals surface area contributed by atoms with E-state index in [-0.39, 0.29) is 6.61 Å².